The highest BCUT2D eigenvalue weighted by Crippen LogP contribution is 2.38. The summed E-state index contributed by atoms with van der Waals surface area (Å²) in [4.78, 5) is 23.8. The van der Waals surface area contributed by atoms with Crippen LogP contribution >= 0.6 is 0 Å². The lowest BCUT2D eigenvalue weighted by molar-refractivity contribution is -0.137. The van der Waals surface area contributed by atoms with Crippen LogP contribution in [-0.2, 0) is 12.7 Å². The topological polar surface area (TPSA) is 131 Å². The SMILES string of the molecule is COc1cc(-c2nn(C3CCN(Cc4cccc(O)c4)CC3)c3ncnc(N)c23)ccc1NC(=O)c1ccc(C(F)(F)F)cc1F. The molecule has 0 atom stereocenters. The van der Waals surface area contributed by atoms with Gasteiger partial charge in [-0.15, -0.1) is 0 Å². The highest BCUT2D eigenvalue weighted by Gasteiger charge is 2.32. The van der Waals surface area contributed by atoms with Crippen LogP contribution in [0.4, 0.5) is 29.1 Å². The molecule has 1 amide bonds. The maximum absolute atomic E-state index is 14.4. The molecule has 238 valence electrons. The molecule has 0 aliphatic carbocycles. The third-order valence-electron chi connectivity index (χ3n) is 8.00. The number of amides is 1. The van der Waals surface area contributed by atoms with Gasteiger partial charge in [0.1, 0.15) is 35.2 Å². The maximum Gasteiger partial charge on any atom is 0.416 e. The van der Waals surface area contributed by atoms with E-state index in [9.17, 15) is 27.5 Å². The maximum atomic E-state index is 14.4. The lowest BCUT2D eigenvalue weighted by Gasteiger charge is -2.32. The molecule has 3 heterocycles. The Hall–Kier alpha value is -5.24. The quantitative estimate of drug-likeness (QED) is 0.185. The van der Waals surface area contributed by atoms with Gasteiger partial charge in [-0.25, -0.2) is 19.0 Å². The fraction of sp³-hybridized carbons (Fsp3) is 0.250. The number of alkyl halides is 3. The van der Waals surface area contributed by atoms with Crippen molar-refractivity contribution in [3.63, 3.8) is 0 Å². The van der Waals surface area contributed by atoms with E-state index in [0.717, 1.165) is 44.1 Å². The minimum Gasteiger partial charge on any atom is -0.508 e. The summed E-state index contributed by atoms with van der Waals surface area (Å²) in [6.45, 7) is 2.33. The predicted molar refractivity (Wildman–Crippen MR) is 163 cm³/mol. The first-order valence-electron chi connectivity index (χ1n) is 14.4. The van der Waals surface area contributed by atoms with Gasteiger partial charge in [0.2, 0.25) is 0 Å². The number of carbonyl (C=O) groups excluding carboxylic acids is 1. The van der Waals surface area contributed by atoms with Gasteiger partial charge in [-0.05, 0) is 60.9 Å². The Morgan fingerprint density at radius 3 is 2.57 bits per heavy atom. The second kappa shape index (κ2) is 12.3. The summed E-state index contributed by atoms with van der Waals surface area (Å²) in [5.74, 6) is -1.57. The number of hydrogen-bond donors (Lipinski definition) is 3. The van der Waals surface area contributed by atoms with Gasteiger partial charge in [0.05, 0.1) is 35.4 Å². The first-order chi connectivity index (χ1) is 22.0. The summed E-state index contributed by atoms with van der Waals surface area (Å²) in [6.07, 6.45) is -1.76. The number of rotatable bonds is 7. The van der Waals surface area contributed by atoms with E-state index >= 15 is 0 Å². The lowest BCUT2D eigenvalue weighted by atomic mass is 10.0. The number of phenolic OH excluding ortho intramolecular Hbond substituents is 1. The number of anilines is 2. The molecule has 10 nitrogen and oxygen atoms in total. The fourth-order valence-electron chi connectivity index (χ4n) is 5.69. The third kappa shape index (κ3) is 6.15. The zero-order valence-electron chi connectivity index (χ0n) is 24.6. The average molecular weight is 636 g/mol. The van der Waals surface area contributed by atoms with E-state index in [0.29, 0.717) is 28.4 Å². The zero-order valence-corrected chi connectivity index (χ0v) is 24.6. The highest BCUT2D eigenvalue weighted by atomic mass is 19.4. The van der Waals surface area contributed by atoms with E-state index in [1.165, 1.54) is 19.5 Å². The third-order valence-corrected chi connectivity index (χ3v) is 8.00. The minimum atomic E-state index is -4.74. The molecule has 46 heavy (non-hydrogen) atoms. The van der Waals surface area contributed by atoms with Crippen LogP contribution < -0.4 is 15.8 Å². The molecule has 5 aromatic rings. The number of nitrogens with two attached hydrogens (primary N) is 1. The van der Waals surface area contributed by atoms with Gasteiger partial charge in [-0.2, -0.15) is 18.3 Å². The van der Waals surface area contributed by atoms with Crippen molar-refractivity contribution in [2.75, 3.05) is 31.2 Å². The molecule has 1 saturated heterocycles. The highest BCUT2D eigenvalue weighted by molar-refractivity contribution is 6.06. The molecule has 1 aliphatic heterocycles. The van der Waals surface area contributed by atoms with Crippen molar-refractivity contribution in [2.24, 2.45) is 0 Å². The van der Waals surface area contributed by atoms with Gasteiger partial charge in [0.25, 0.3) is 5.91 Å². The number of nitrogen functional groups attached to an aromatic ring is 1. The number of aromatic nitrogens is 4. The van der Waals surface area contributed by atoms with Crippen molar-refractivity contribution in [3.8, 4) is 22.8 Å². The smallest absolute Gasteiger partial charge is 0.416 e. The summed E-state index contributed by atoms with van der Waals surface area (Å²) in [6, 6.07) is 13.8. The van der Waals surface area contributed by atoms with Gasteiger partial charge >= 0.3 is 6.18 Å². The van der Waals surface area contributed by atoms with Crippen molar-refractivity contribution in [1.82, 2.24) is 24.6 Å². The molecular weight excluding hydrogens is 606 g/mol. The molecule has 3 aromatic carbocycles. The fourth-order valence-corrected chi connectivity index (χ4v) is 5.69. The molecule has 14 heteroatoms. The second-order valence-electron chi connectivity index (χ2n) is 11.0. The number of likely N-dealkylation sites (tertiary alicyclic amines) is 1. The van der Waals surface area contributed by atoms with Crippen LogP contribution in [-0.4, -0.2) is 55.9 Å². The number of ether oxygens (including phenoxy) is 1. The standard InChI is InChI=1S/C32H29F4N7O3/c1-46-26-14-19(5-8-25(26)40-31(45)23-7-6-20(15-24(23)33)32(34,35)36)28-27-29(37)38-17-39-30(27)43(41-28)21-9-11-42(12-10-21)16-18-3-2-4-22(44)13-18/h2-8,13-15,17,21,44H,9-12,16H2,1H3,(H,40,45)(H2,37,38,39). The summed E-state index contributed by atoms with van der Waals surface area (Å²) in [7, 11) is 1.38. The van der Waals surface area contributed by atoms with Crippen LogP contribution in [0.2, 0.25) is 0 Å². The number of halogens is 4. The normalized spacial score (nSPS) is 14.5. The molecule has 0 spiro atoms. The van der Waals surface area contributed by atoms with Crippen molar-refractivity contribution >= 4 is 28.4 Å². The Morgan fingerprint density at radius 1 is 1.09 bits per heavy atom. The second-order valence-corrected chi connectivity index (χ2v) is 11.0. The Labute approximate surface area is 260 Å². The van der Waals surface area contributed by atoms with E-state index in [-0.39, 0.29) is 35.1 Å². The number of benzene rings is 3. The van der Waals surface area contributed by atoms with E-state index in [1.807, 2.05) is 16.8 Å². The molecule has 0 unspecified atom stereocenters. The molecule has 0 bridgehead atoms. The predicted octanol–water partition coefficient (Wildman–Crippen LogP) is 6.04. The first-order valence-corrected chi connectivity index (χ1v) is 14.4. The van der Waals surface area contributed by atoms with Crippen molar-refractivity contribution < 1.29 is 32.2 Å². The number of phenols is 1. The van der Waals surface area contributed by atoms with E-state index in [4.69, 9.17) is 15.6 Å². The van der Waals surface area contributed by atoms with E-state index < -0.39 is 29.0 Å². The van der Waals surface area contributed by atoms with Gasteiger partial charge in [-0.3, -0.25) is 9.69 Å². The minimum absolute atomic E-state index is 0.0325. The molecule has 2 aromatic heterocycles. The van der Waals surface area contributed by atoms with Crippen molar-refractivity contribution in [3.05, 3.63) is 89.5 Å². The van der Waals surface area contributed by atoms with Crippen LogP contribution in [0, 0.1) is 5.82 Å². The van der Waals surface area contributed by atoms with Crippen LogP contribution in [0.5, 0.6) is 11.5 Å². The van der Waals surface area contributed by atoms with Crippen LogP contribution in [0.3, 0.4) is 0 Å². The Bertz CT molecular complexity index is 1920. The van der Waals surface area contributed by atoms with Crippen LogP contribution in [0.1, 0.15) is 40.4 Å². The number of piperidine rings is 1. The van der Waals surface area contributed by atoms with Crippen molar-refractivity contribution in [1.29, 1.82) is 0 Å². The van der Waals surface area contributed by atoms with Gasteiger partial charge in [-0.1, -0.05) is 18.2 Å². The first kappa shape index (κ1) is 30.8. The average Bonchev–Trinajstić information content (AvgIpc) is 3.42. The number of nitrogens with zero attached hydrogens (tertiary/aromatic N) is 5. The Morgan fingerprint density at radius 2 is 1.87 bits per heavy atom. The molecule has 1 fully saturated rings. The van der Waals surface area contributed by atoms with Crippen LogP contribution in [0.15, 0.2) is 67.0 Å². The lowest BCUT2D eigenvalue weighted by Crippen LogP contribution is -2.34. The Kier molecular flexibility index (Phi) is 8.21. The van der Waals surface area contributed by atoms with Gasteiger partial charge in [0, 0.05) is 25.2 Å². The summed E-state index contributed by atoms with van der Waals surface area (Å²) >= 11 is 0. The monoisotopic (exact) mass is 635 g/mol. The number of hydrogen-bond acceptors (Lipinski definition) is 8. The molecule has 0 saturated carbocycles. The van der Waals surface area contributed by atoms with E-state index in [1.54, 1.807) is 24.3 Å². The molecule has 4 N–H and O–H groups in total. The number of carbonyl (C=O) groups is 1. The van der Waals surface area contributed by atoms with Gasteiger partial charge < -0.3 is 20.9 Å². The number of fused-ring (bicyclic) bond motifs is 1. The summed E-state index contributed by atoms with van der Waals surface area (Å²) < 4.78 is 60.6. The molecular formula is C32H29F4N7O3. The molecule has 6 rings (SSSR count). The largest absolute Gasteiger partial charge is 0.508 e. The number of nitrogens with one attached hydrogen (secondary N) is 1. The molecule has 1 aliphatic rings. The van der Waals surface area contributed by atoms with Gasteiger partial charge in [0.15, 0.2) is 5.65 Å². The van der Waals surface area contributed by atoms with E-state index in [2.05, 4.69) is 20.2 Å². The van der Waals surface area contributed by atoms with Crippen LogP contribution in [0.25, 0.3) is 22.3 Å². The Balaban J connectivity index is 1.25. The molecule has 0 radical (unpaired) electrons. The summed E-state index contributed by atoms with van der Waals surface area (Å²) in [5.41, 5.74) is 7.42. The summed E-state index contributed by atoms with van der Waals surface area (Å²) in [5, 5.41) is 17.8. The number of aromatic hydroxyl groups is 1. The number of methoxy groups -OCH3 is 1. The van der Waals surface area contributed by atoms with Crippen molar-refractivity contribution in [2.45, 2.75) is 31.6 Å². The zero-order chi connectivity index (χ0) is 32.6.